The molecular formula is C28H25N3OS. The summed E-state index contributed by atoms with van der Waals surface area (Å²) >= 11 is 1.55. The molecule has 0 unspecified atom stereocenters. The lowest BCUT2D eigenvalue weighted by Gasteiger charge is -2.17. The molecule has 0 saturated carbocycles. The summed E-state index contributed by atoms with van der Waals surface area (Å²) in [6.07, 6.45) is 2.96. The highest BCUT2D eigenvalue weighted by atomic mass is 32.1. The van der Waals surface area contributed by atoms with Gasteiger partial charge in [-0.2, -0.15) is 5.26 Å². The van der Waals surface area contributed by atoms with E-state index >= 15 is 0 Å². The first-order chi connectivity index (χ1) is 15.9. The molecule has 1 amide bonds. The lowest BCUT2D eigenvalue weighted by Crippen LogP contribution is -2.13. The van der Waals surface area contributed by atoms with Crippen molar-refractivity contribution < 1.29 is 4.79 Å². The van der Waals surface area contributed by atoms with Gasteiger partial charge in [0.15, 0.2) is 0 Å². The van der Waals surface area contributed by atoms with Crippen LogP contribution in [0.15, 0.2) is 48.5 Å². The zero-order chi connectivity index (χ0) is 23.1. The first kappa shape index (κ1) is 21.4. The molecular weight excluding hydrogens is 426 g/mol. The second-order valence-corrected chi connectivity index (χ2v) is 10.1. The molecule has 0 aliphatic heterocycles. The molecule has 1 aliphatic carbocycles. The van der Waals surface area contributed by atoms with Gasteiger partial charge in [-0.05, 0) is 68.4 Å². The molecule has 2 aromatic carbocycles. The van der Waals surface area contributed by atoms with Crippen LogP contribution in [0.5, 0.6) is 0 Å². The van der Waals surface area contributed by atoms with Crippen molar-refractivity contribution in [2.24, 2.45) is 5.92 Å². The number of anilines is 1. The van der Waals surface area contributed by atoms with E-state index in [2.05, 4.69) is 50.4 Å². The highest BCUT2D eigenvalue weighted by molar-refractivity contribution is 7.16. The number of hydrogen-bond donors (Lipinski definition) is 1. The number of hydrogen-bond acceptors (Lipinski definition) is 4. The Kier molecular flexibility index (Phi) is 5.47. The number of rotatable bonds is 3. The number of carbonyl (C=O) groups is 1. The zero-order valence-corrected chi connectivity index (χ0v) is 19.8. The number of thiophene rings is 1. The summed E-state index contributed by atoms with van der Waals surface area (Å²) in [5, 5.41) is 14.4. The van der Waals surface area contributed by atoms with Crippen LogP contribution in [0.25, 0.3) is 22.2 Å². The lowest BCUT2D eigenvalue weighted by molar-refractivity contribution is 0.102. The normalized spacial score (nSPS) is 15.2. The maximum Gasteiger partial charge on any atom is 0.257 e. The molecule has 0 radical (unpaired) electrons. The summed E-state index contributed by atoms with van der Waals surface area (Å²) in [7, 11) is 0. The first-order valence-electron chi connectivity index (χ1n) is 11.3. The Bertz CT molecular complexity index is 1440. The molecule has 4 nitrogen and oxygen atoms in total. The SMILES string of the molecule is Cc1ccc(C)c(-c2cc(C(=O)Nc3sc4c(c3C#N)CC[C@H](C)C4)c3ccccc3n2)c1. The Morgan fingerprint density at radius 1 is 1.18 bits per heavy atom. The van der Waals surface area contributed by atoms with Crippen molar-refractivity contribution in [1.29, 1.82) is 5.26 Å². The van der Waals surface area contributed by atoms with E-state index in [9.17, 15) is 10.1 Å². The summed E-state index contributed by atoms with van der Waals surface area (Å²) < 4.78 is 0. The number of pyridine rings is 1. The molecule has 1 atom stereocenters. The highest BCUT2D eigenvalue weighted by Crippen LogP contribution is 2.39. The Hall–Kier alpha value is -3.49. The average molecular weight is 452 g/mol. The van der Waals surface area contributed by atoms with Crippen molar-refractivity contribution in [3.63, 3.8) is 0 Å². The van der Waals surface area contributed by atoms with Crippen molar-refractivity contribution in [2.45, 2.75) is 40.0 Å². The van der Waals surface area contributed by atoms with Gasteiger partial charge in [0, 0.05) is 15.8 Å². The molecule has 1 N–H and O–H groups in total. The molecule has 2 aromatic heterocycles. The van der Waals surface area contributed by atoms with Crippen LogP contribution >= 0.6 is 11.3 Å². The summed E-state index contributed by atoms with van der Waals surface area (Å²) in [5.41, 5.74) is 7.15. The minimum Gasteiger partial charge on any atom is -0.312 e. The van der Waals surface area contributed by atoms with Gasteiger partial charge in [0.05, 0.1) is 22.3 Å². The lowest BCUT2D eigenvalue weighted by atomic mass is 9.88. The zero-order valence-electron chi connectivity index (χ0n) is 19.0. The van der Waals surface area contributed by atoms with Crippen molar-refractivity contribution in [3.05, 3.63) is 81.2 Å². The molecule has 2 heterocycles. The largest absolute Gasteiger partial charge is 0.312 e. The fourth-order valence-electron chi connectivity index (χ4n) is 4.64. The van der Waals surface area contributed by atoms with Gasteiger partial charge < -0.3 is 5.32 Å². The molecule has 33 heavy (non-hydrogen) atoms. The van der Waals surface area contributed by atoms with E-state index in [1.165, 1.54) is 4.88 Å². The van der Waals surface area contributed by atoms with E-state index in [0.717, 1.165) is 58.1 Å². The van der Waals surface area contributed by atoms with Gasteiger partial charge in [-0.1, -0.05) is 42.8 Å². The summed E-state index contributed by atoms with van der Waals surface area (Å²) in [6.45, 7) is 6.35. The highest BCUT2D eigenvalue weighted by Gasteiger charge is 2.25. The van der Waals surface area contributed by atoms with E-state index in [-0.39, 0.29) is 5.91 Å². The maximum absolute atomic E-state index is 13.6. The van der Waals surface area contributed by atoms with Gasteiger partial charge in [0.2, 0.25) is 0 Å². The Balaban J connectivity index is 1.60. The second kappa shape index (κ2) is 8.46. The topological polar surface area (TPSA) is 65.8 Å². The third-order valence-electron chi connectivity index (χ3n) is 6.48. The second-order valence-electron chi connectivity index (χ2n) is 9.01. The monoisotopic (exact) mass is 451 g/mol. The van der Waals surface area contributed by atoms with E-state index in [4.69, 9.17) is 4.98 Å². The molecule has 0 spiro atoms. The molecule has 5 rings (SSSR count). The number of aromatic nitrogens is 1. The average Bonchev–Trinajstić information content (AvgIpc) is 3.15. The van der Waals surface area contributed by atoms with Crippen LogP contribution in [0, 0.1) is 31.1 Å². The van der Waals surface area contributed by atoms with Crippen LogP contribution in [-0.4, -0.2) is 10.9 Å². The van der Waals surface area contributed by atoms with E-state index < -0.39 is 0 Å². The standard InChI is InChI=1S/C28H25N3OS/c1-16-8-10-18(3)21(12-16)25-14-22(19-6-4-5-7-24(19)30-25)27(32)31-28-23(15-29)20-11-9-17(2)13-26(20)33-28/h4-8,10,12,14,17H,9,11,13H2,1-3H3,(H,31,32)/t17-/m0/s1. The van der Waals surface area contributed by atoms with Gasteiger partial charge in [0.1, 0.15) is 11.1 Å². The third kappa shape index (κ3) is 3.92. The molecule has 4 aromatic rings. The van der Waals surface area contributed by atoms with E-state index in [1.807, 2.05) is 30.3 Å². The summed E-state index contributed by atoms with van der Waals surface area (Å²) in [5.74, 6) is 0.402. The van der Waals surface area contributed by atoms with Crippen molar-refractivity contribution in [2.75, 3.05) is 5.32 Å². The van der Waals surface area contributed by atoms with Crippen LogP contribution in [0.4, 0.5) is 5.00 Å². The Labute approximate surface area is 197 Å². The molecule has 0 fully saturated rings. The smallest absolute Gasteiger partial charge is 0.257 e. The molecule has 0 bridgehead atoms. The number of nitrogens with one attached hydrogen (secondary N) is 1. The first-order valence-corrected chi connectivity index (χ1v) is 12.1. The number of nitrogens with zero attached hydrogens (tertiary/aromatic N) is 2. The van der Waals surface area contributed by atoms with Crippen LogP contribution in [-0.2, 0) is 12.8 Å². The minimum atomic E-state index is -0.205. The third-order valence-corrected chi connectivity index (χ3v) is 7.65. The fourth-order valence-corrected chi connectivity index (χ4v) is 6.00. The molecule has 0 saturated heterocycles. The van der Waals surface area contributed by atoms with Gasteiger partial charge in [-0.25, -0.2) is 4.98 Å². The van der Waals surface area contributed by atoms with Crippen molar-refractivity contribution >= 4 is 33.1 Å². The molecule has 1 aliphatic rings. The molecule has 164 valence electrons. The predicted molar refractivity (Wildman–Crippen MR) is 135 cm³/mol. The number of para-hydroxylation sites is 1. The number of fused-ring (bicyclic) bond motifs is 2. The van der Waals surface area contributed by atoms with Gasteiger partial charge in [-0.3, -0.25) is 4.79 Å². The number of benzene rings is 2. The fraction of sp³-hybridized carbons (Fsp3) is 0.250. The van der Waals surface area contributed by atoms with E-state index in [1.54, 1.807) is 11.3 Å². The number of aryl methyl sites for hydroxylation is 2. The number of amides is 1. The van der Waals surface area contributed by atoms with Crippen molar-refractivity contribution in [3.8, 4) is 17.3 Å². The minimum absolute atomic E-state index is 0.205. The van der Waals surface area contributed by atoms with Gasteiger partial charge in [0.25, 0.3) is 5.91 Å². The van der Waals surface area contributed by atoms with Crippen LogP contribution < -0.4 is 5.32 Å². The quantitative estimate of drug-likeness (QED) is 0.371. The van der Waals surface area contributed by atoms with Crippen molar-refractivity contribution in [1.82, 2.24) is 4.98 Å². The maximum atomic E-state index is 13.6. The Morgan fingerprint density at radius 3 is 2.82 bits per heavy atom. The Morgan fingerprint density at radius 2 is 2.00 bits per heavy atom. The number of carbonyl (C=O) groups excluding carboxylic acids is 1. The van der Waals surface area contributed by atoms with Gasteiger partial charge >= 0.3 is 0 Å². The van der Waals surface area contributed by atoms with Crippen LogP contribution in [0.2, 0.25) is 0 Å². The predicted octanol–water partition coefficient (Wildman–Crippen LogP) is 6.83. The van der Waals surface area contributed by atoms with E-state index in [0.29, 0.717) is 22.0 Å². The van der Waals surface area contributed by atoms with Crippen LogP contribution in [0.1, 0.15) is 50.8 Å². The summed E-state index contributed by atoms with van der Waals surface area (Å²) in [4.78, 5) is 19.7. The summed E-state index contributed by atoms with van der Waals surface area (Å²) in [6, 6.07) is 18.2. The van der Waals surface area contributed by atoms with Gasteiger partial charge in [-0.15, -0.1) is 11.3 Å². The molecule has 5 heteroatoms. The van der Waals surface area contributed by atoms with Crippen LogP contribution in [0.3, 0.4) is 0 Å². The number of nitriles is 1.